The molecule has 0 heterocycles. The summed E-state index contributed by atoms with van der Waals surface area (Å²) in [5, 5.41) is 5.92. The van der Waals surface area contributed by atoms with E-state index < -0.39 is 0 Å². The molecule has 0 fully saturated rings. The predicted molar refractivity (Wildman–Crippen MR) is 102 cm³/mol. The fourth-order valence-corrected chi connectivity index (χ4v) is 2.98. The number of carbonyl (C=O) groups is 1. The molecule has 3 rings (SSSR count). The molecule has 0 aromatic heterocycles. The molecule has 0 aliphatic rings. The van der Waals surface area contributed by atoms with E-state index in [1.165, 1.54) is 0 Å². The van der Waals surface area contributed by atoms with Crippen molar-refractivity contribution in [2.24, 2.45) is 0 Å². The van der Waals surface area contributed by atoms with Crippen LogP contribution in [0, 0.1) is 0 Å². The van der Waals surface area contributed by atoms with E-state index in [0.717, 1.165) is 27.6 Å². The minimum atomic E-state index is 0.0229. The zero-order valence-corrected chi connectivity index (χ0v) is 14.8. The summed E-state index contributed by atoms with van der Waals surface area (Å²) < 4.78 is 5.24. The first-order chi connectivity index (χ1) is 12.2. The number of benzene rings is 3. The highest BCUT2D eigenvalue weighted by atomic mass is 35.5. The van der Waals surface area contributed by atoms with Crippen molar-refractivity contribution in [2.75, 3.05) is 7.11 Å². The minimum absolute atomic E-state index is 0.0229. The summed E-state index contributed by atoms with van der Waals surface area (Å²) in [7, 11) is 1.66. The van der Waals surface area contributed by atoms with Gasteiger partial charge < -0.3 is 10.1 Å². The van der Waals surface area contributed by atoms with Gasteiger partial charge in [-0.05, 0) is 52.6 Å². The van der Waals surface area contributed by atoms with Gasteiger partial charge in [0, 0.05) is 18.0 Å². The van der Waals surface area contributed by atoms with E-state index in [4.69, 9.17) is 16.3 Å². The molecule has 0 saturated carbocycles. The van der Waals surface area contributed by atoms with E-state index in [2.05, 4.69) is 11.4 Å². The Morgan fingerprint density at radius 3 is 2.60 bits per heavy atom. The van der Waals surface area contributed by atoms with Crippen LogP contribution in [0.15, 0.2) is 60.7 Å². The lowest BCUT2D eigenvalue weighted by Gasteiger charge is -2.08. The number of hydrogen-bond acceptors (Lipinski definition) is 2. The molecule has 128 valence electrons. The van der Waals surface area contributed by atoms with Crippen LogP contribution in [0.25, 0.3) is 10.8 Å². The smallest absolute Gasteiger partial charge is 0.220 e. The van der Waals surface area contributed by atoms with Crippen LogP contribution in [0.3, 0.4) is 0 Å². The zero-order chi connectivity index (χ0) is 17.6. The Labute approximate surface area is 152 Å². The van der Waals surface area contributed by atoms with E-state index >= 15 is 0 Å². The van der Waals surface area contributed by atoms with Gasteiger partial charge in [-0.2, -0.15) is 0 Å². The van der Waals surface area contributed by atoms with Crippen LogP contribution >= 0.6 is 11.6 Å². The summed E-state index contributed by atoms with van der Waals surface area (Å²) in [5.41, 5.74) is 2.07. The number of rotatable bonds is 6. The summed E-state index contributed by atoms with van der Waals surface area (Å²) in [6.07, 6.45) is 1.07. The van der Waals surface area contributed by atoms with Gasteiger partial charge in [-0.3, -0.25) is 4.79 Å². The third-order valence-electron chi connectivity index (χ3n) is 4.18. The number of nitrogens with one attached hydrogen (secondary N) is 1. The Hall–Kier alpha value is -2.52. The Balaban J connectivity index is 1.56. The van der Waals surface area contributed by atoms with Crippen molar-refractivity contribution in [3.05, 3.63) is 76.8 Å². The minimum Gasteiger partial charge on any atom is -0.497 e. The number of methoxy groups -OCH3 is 1. The van der Waals surface area contributed by atoms with Crippen molar-refractivity contribution in [1.82, 2.24) is 5.32 Å². The molecule has 25 heavy (non-hydrogen) atoms. The molecule has 1 N–H and O–H groups in total. The third-order valence-corrected chi connectivity index (χ3v) is 4.55. The number of carbonyl (C=O) groups excluding carboxylic acids is 1. The second-order valence-corrected chi connectivity index (χ2v) is 6.32. The summed E-state index contributed by atoms with van der Waals surface area (Å²) in [6, 6.07) is 19.7. The highest BCUT2D eigenvalue weighted by Gasteiger charge is 2.05. The molecule has 0 bridgehead atoms. The van der Waals surface area contributed by atoms with Crippen molar-refractivity contribution in [3.63, 3.8) is 0 Å². The molecule has 0 aliphatic carbocycles. The Morgan fingerprint density at radius 1 is 1.04 bits per heavy atom. The lowest BCUT2D eigenvalue weighted by molar-refractivity contribution is -0.121. The first-order valence-corrected chi connectivity index (χ1v) is 8.60. The van der Waals surface area contributed by atoms with Gasteiger partial charge in [-0.15, -0.1) is 0 Å². The molecule has 3 nitrogen and oxygen atoms in total. The van der Waals surface area contributed by atoms with Crippen LogP contribution in [0.2, 0.25) is 5.02 Å². The van der Waals surface area contributed by atoms with E-state index in [1.54, 1.807) is 7.11 Å². The zero-order valence-electron chi connectivity index (χ0n) is 14.1. The third kappa shape index (κ3) is 4.52. The van der Waals surface area contributed by atoms with Crippen LogP contribution in [-0.2, 0) is 17.8 Å². The van der Waals surface area contributed by atoms with Gasteiger partial charge >= 0.3 is 0 Å². The van der Waals surface area contributed by atoms with Gasteiger partial charge in [-0.1, -0.05) is 48.0 Å². The number of ether oxygens (including phenoxy) is 1. The molecule has 0 spiro atoms. The molecule has 0 atom stereocenters. The van der Waals surface area contributed by atoms with Crippen LogP contribution < -0.4 is 10.1 Å². The van der Waals surface area contributed by atoms with Gasteiger partial charge in [0.25, 0.3) is 0 Å². The Kier molecular flexibility index (Phi) is 5.56. The predicted octanol–water partition coefficient (Wildman–Crippen LogP) is 4.75. The van der Waals surface area contributed by atoms with Gasteiger partial charge in [0.1, 0.15) is 5.75 Å². The van der Waals surface area contributed by atoms with Crippen molar-refractivity contribution in [1.29, 1.82) is 0 Å². The number of amides is 1. The molecule has 0 saturated heterocycles. The van der Waals surface area contributed by atoms with E-state index in [0.29, 0.717) is 24.4 Å². The quantitative estimate of drug-likeness (QED) is 0.694. The van der Waals surface area contributed by atoms with E-state index in [9.17, 15) is 4.79 Å². The Bertz CT molecular complexity index is 892. The molecule has 1 amide bonds. The van der Waals surface area contributed by atoms with E-state index in [-0.39, 0.29) is 5.91 Å². The topological polar surface area (TPSA) is 38.3 Å². The fourth-order valence-electron chi connectivity index (χ4n) is 2.75. The summed E-state index contributed by atoms with van der Waals surface area (Å²) in [4.78, 5) is 12.1. The van der Waals surface area contributed by atoms with Gasteiger partial charge in [0.15, 0.2) is 0 Å². The molecular formula is C21H20ClNO2. The van der Waals surface area contributed by atoms with Crippen molar-refractivity contribution in [2.45, 2.75) is 19.4 Å². The standard InChI is InChI=1S/C21H20ClNO2/c1-25-19-10-8-17-12-15(6-7-18(17)13-19)14-23-21(24)11-9-16-4-2-3-5-20(16)22/h2-8,10,12-13H,9,11,14H2,1H3,(H,23,24). The lowest BCUT2D eigenvalue weighted by atomic mass is 10.1. The van der Waals surface area contributed by atoms with Crippen LogP contribution in [0.5, 0.6) is 5.75 Å². The number of fused-ring (bicyclic) bond motifs is 1. The molecule has 3 aromatic rings. The highest BCUT2D eigenvalue weighted by molar-refractivity contribution is 6.31. The van der Waals surface area contributed by atoms with Gasteiger partial charge in [0.05, 0.1) is 7.11 Å². The Morgan fingerprint density at radius 2 is 1.80 bits per heavy atom. The van der Waals surface area contributed by atoms with Gasteiger partial charge in [-0.25, -0.2) is 0 Å². The lowest BCUT2D eigenvalue weighted by Crippen LogP contribution is -2.23. The first kappa shape index (κ1) is 17.3. The van der Waals surface area contributed by atoms with Gasteiger partial charge in [0.2, 0.25) is 5.91 Å². The maximum Gasteiger partial charge on any atom is 0.220 e. The van der Waals surface area contributed by atoms with Crippen LogP contribution in [-0.4, -0.2) is 13.0 Å². The van der Waals surface area contributed by atoms with Crippen molar-refractivity contribution >= 4 is 28.3 Å². The summed E-state index contributed by atoms with van der Waals surface area (Å²) >= 11 is 6.12. The van der Waals surface area contributed by atoms with Crippen molar-refractivity contribution in [3.8, 4) is 5.75 Å². The highest BCUT2D eigenvalue weighted by Crippen LogP contribution is 2.22. The molecule has 3 aromatic carbocycles. The summed E-state index contributed by atoms with van der Waals surface area (Å²) in [5.74, 6) is 0.864. The maximum absolute atomic E-state index is 12.1. The normalized spacial score (nSPS) is 10.6. The fraction of sp³-hybridized carbons (Fsp3) is 0.190. The summed E-state index contributed by atoms with van der Waals surface area (Å²) in [6.45, 7) is 0.517. The first-order valence-electron chi connectivity index (χ1n) is 8.22. The SMILES string of the molecule is COc1ccc2cc(CNC(=O)CCc3ccccc3Cl)ccc2c1. The monoisotopic (exact) mass is 353 g/mol. The van der Waals surface area contributed by atoms with E-state index in [1.807, 2.05) is 54.6 Å². The van der Waals surface area contributed by atoms with Crippen LogP contribution in [0.1, 0.15) is 17.5 Å². The molecule has 4 heteroatoms. The number of halogens is 1. The maximum atomic E-state index is 12.1. The average molecular weight is 354 g/mol. The van der Waals surface area contributed by atoms with Crippen molar-refractivity contribution < 1.29 is 9.53 Å². The second kappa shape index (κ2) is 8.04. The molecule has 0 aliphatic heterocycles. The molecule has 0 unspecified atom stereocenters. The largest absolute Gasteiger partial charge is 0.497 e. The second-order valence-electron chi connectivity index (χ2n) is 5.92. The van der Waals surface area contributed by atoms with Crippen LogP contribution in [0.4, 0.5) is 0 Å². The number of hydrogen-bond donors (Lipinski definition) is 1. The molecule has 0 radical (unpaired) electrons. The molecular weight excluding hydrogens is 334 g/mol. The number of aryl methyl sites for hydroxylation is 1. The average Bonchev–Trinajstić information content (AvgIpc) is 2.65.